The number of hydrogen-bond donors (Lipinski definition) is 1. The summed E-state index contributed by atoms with van der Waals surface area (Å²) in [7, 11) is 0. The summed E-state index contributed by atoms with van der Waals surface area (Å²) < 4.78 is 0.882. The summed E-state index contributed by atoms with van der Waals surface area (Å²) in [5, 5.41) is 11.1. The fourth-order valence-electron chi connectivity index (χ4n) is 4.44. The first-order valence-electron chi connectivity index (χ1n) is 10.2. The molecule has 0 aromatic heterocycles. The average molecular weight is 454 g/mol. The van der Waals surface area contributed by atoms with Crippen LogP contribution in [0.25, 0.3) is 5.76 Å². The van der Waals surface area contributed by atoms with Crippen molar-refractivity contribution >= 4 is 33.4 Å². The van der Waals surface area contributed by atoms with Crippen LogP contribution in [0.1, 0.15) is 55.3 Å². The van der Waals surface area contributed by atoms with Crippen molar-refractivity contribution in [3.8, 4) is 0 Å². The molecule has 4 rings (SSSR count). The van der Waals surface area contributed by atoms with E-state index in [1.165, 1.54) is 5.56 Å². The first-order valence-corrected chi connectivity index (χ1v) is 11.0. The molecule has 2 aliphatic rings. The van der Waals surface area contributed by atoms with Crippen LogP contribution in [0, 0.1) is 0 Å². The van der Waals surface area contributed by atoms with Crippen molar-refractivity contribution < 1.29 is 14.7 Å². The molecule has 1 aliphatic carbocycles. The van der Waals surface area contributed by atoms with E-state index in [4.69, 9.17) is 0 Å². The summed E-state index contributed by atoms with van der Waals surface area (Å²) in [6.07, 6.45) is 4.83. The Hall–Kier alpha value is -2.40. The van der Waals surface area contributed by atoms with Crippen LogP contribution in [-0.4, -0.2) is 27.7 Å². The zero-order valence-electron chi connectivity index (χ0n) is 16.4. The Labute approximate surface area is 179 Å². The SMILES string of the molecule is CCc1ccc(C2/C(=C(/O)c3ccc(Br)cc3)C(=O)C(=O)N2C2CCCC2)cc1. The number of aryl methyl sites for hydroxylation is 1. The maximum Gasteiger partial charge on any atom is 0.295 e. The maximum absolute atomic E-state index is 13.0. The number of aliphatic hydroxyl groups is 1. The van der Waals surface area contributed by atoms with Gasteiger partial charge in [-0.1, -0.05) is 72.1 Å². The predicted molar refractivity (Wildman–Crippen MR) is 116 cm³/mol. The number of nitrogens with zero attached hydrogens (tertiary/aromatic N) is 1. The number of carbonyl (C=O) groups excluding carboxylic acids is 2. The van der Waals surface area contributed by atoms with Crippen LogP contribution in [-0.2, 0) is 16.0 Å². The van der Waals surface area contributed by atoms with Crippen LogP contribution in [0.2, 0.25) is 0 Å². The van der Waals surface area contributed by atoms with Crippen molar-refractivity contribution in [3.05, 3.63) is 75.3 Å². The third-order valence-corrected chi connectivity index (χ3v) is 6.55. The number of likely N-dealkylation sites (tertiary alicyclic amines) is 1. The Balaban J connectivity index is 1.86. The molecule has 1 heterocycles. The van der Waals surface area contributed by atoms with Gasteiger partial charge in [-0.3, -0.25) is 9.59 Å². The van der Waals surface area contributed by atoms with Gasteiger partial charge >= 0.3 is 0 Å². The van der Waals surface area contributed by atoms with Crippen LogP contribution in [0.15, 0.2) is 58.6 Å². The number of hydrogen-bond acceptors (Lipinski definition) is 3. The number of aliphatic hydroxyl groups excluding tert-OH is 1. The summed E-state index contributed by atoms with van der Waals surface area (Å²) in [5.74, 6) is -1.21. The fourth-order valence-corrected chi connectivity index (χ4v) is 4.70. The van der Waals surface area contributed by atoms with E-state index in [9.17, 15) is 14.7 Å². The quantitative estimate of drug-likeness (QED) is 0.384. The van der Waals surface area contributed by atoms with Crippen LogP contribution in [0.4, 0.5) is 0 Å². The molecule has 0 bridgehead atoms. The van der Waals surface area contributed by atoms with Crippen molar-refractivity contribution in [3.63, 3.8) is 0 Å². The van der Waals surface area contributed by atoms with E-state index < -0.39 is 17.7 Å². The topological polar surface area (TPSA) is 57.6 Å². The predicted octanol–water partition coefficient (Wildman–Crippen LogP) is 5.38. The lowest BCUT2D eigenvalue weighted by atomic mass is 9.94. The Morgan fingerprint density at radius 2 is 1.66 bits per heavy atom. The van der Waals surface area contributed by atoms with Gasteiger partial charge in [-0.05, 0) is 42.5 Å². The van der Waals surface area contributed by atoms with Crippen LogP contribution in [0.5, 0.6) is 0 Å². The van der Waals surface area contributed by atoms with Gasteiger partial charge < -0.3 is 10.0 Å². The summed E-state index contributed by atoms with van der Waals surface area (Å²) >= 11 is 3.39. The molecular weight excluding hydrogens is 430 g/mol. The summed E-state index contributed by atoms with van der Waals surface area (Å²) in [5.41, 5.74) is 2.78. The molecule has 150 valence electrons. The molecule has 2 aromatic rings. The first kappa shape index (κ1) is 19.9. The van der Waals surface area contributed by atoms with Gasteiger partial charge in [-0.2, -0.15) is 0 Å². The Morgan fingerprint density at radius 3 is 2.24 bits per heavy atom. The first-order chi connectivity index (χ1) is 14.0. The number of rotatable bonds is 4. The van der Waals surface area contributed by atoms with Gasteiger partial charge in [0, 0.05) is 16.1 Å². The van der Waals surface area contributed by atoms with E-state index in [-0.39, 0.29) is 17.4 Å². The molecule has 1 aliphatic heterocycles. The molecule has 2 fully saturated rings. The number of carbonyl (C=O) groups is 2. The highest BCUT2D eigenvalue weighted by Gasteiger charge is 2.49. The summed E-state index contributed by atoms with van der Waals surface area (Å²) in [4.78, 5) is 27.8. The van der Waals surface area contributed by atoms with Gasteiger partial charge in [0.15, 0.2) is 0 Å². The van der Waals surface area contributed by atoms with Crippen molar-refractivity contribution in [2.45, 2.75) is 51.1 Å². The summed E-state index contributed by atoms with van der Waals surface area (Å²) in [6.45, 7) is 2.09. The lowest BCUT2D eigenvalue weighted by Gasteiger charge is -2.30. The zero-order chi connectivity index (χ0) is 20.5. The molecule has 1 saturated heterocycles. The minimum absolute atomic E-state index is 0.0394. The molecule has 1 amide bonds. The van der Waals surface area contributed by atoms with Crippen molar-refractivity contribution in [2.75, 3.05) is 0 Å². The number of halogens is 1. The number of benzene rings is 2. The molecule has 1 N–H and O–H groups in total. The van der Waals surface area contributed by atoms with Crippen LogP contribution >= 0.6 is 15.9 Å². The van der Waals surface area contributed by atoms with Crippen molar-refractivity contribution in [1.82, 2.24) is 4.90 Å². The van der Waals surface area contributed by atoms with E-state index in [0.717, 1.165) is 42.1 Å². The third-order valence-electron chi connectivity index (χ3n) is 6.02. The second-order valence-corrected chi connectivity index (χ2v) is 8.66. The van der Waals surface area contributed by atoms with Crippen LogP contribution in [0.3, 0.4) is 0 Å². The summed E-state index contributed by atoms with van der Waals surface area (Å²) in [6, 6.07) is 14.6. The molecule has 0 radical (unpaired) electrons. The fraction of sp³-hybridized carbons (Fsp3) is 0.333. The molecule has 4 nitrogen and oxygen atoms in total. The van der Waals surface area contributed by atoms with Gasteiger partial charge in [-0.25, -0.2) is 0 Å². The molecule has 1 saturated carbocycles. The normalized spacial score (nSPS) is 21.9. The van der Waals surface area contributed by atoms with Gasteiger partial charge in [0.25, 0.3) is 11.7 Å². The smallest absolute Gasteiger partial charge is 0.295 e. The van der Waals surface area contributed by atoms with E-state index in [0.29, 0.717) is 5.56 Å². The second kappa shape index (κ2) is 8.15. The number of ketones is 1. The highest BCUT2D eigenvalue weighted by molar-refractivity contribution is 9.10. The molecule has 5 heteroatoms. The van der Waals surface area contributed by atoms with E-state index in [1.807, 2.05) is 36.4 Å². The minimum atomic E-state index is -0.595. The molecule has 2 aromatic carbocycles. The molecule has 1 atom stereocenters. The van der Waals surface area contributed by atoms with E-state index in [1.54, 1.807) is 17.0 Å². The van der Waals surface area contributed by atoms with E-state index in [2.05, 4.69) is 22.9 Å². The second-order valence-electron chi connectivity index (χ2n) is 7.75. The molecule has 29 heavy (non-hydrogen) atoms. The minimum Gasteiger partial charge on any atom is -0.507 e. The van der Waals surface area contributed by atoms with Gasteiger partial charge in [0.1, 0.15) is 5.76 Å². The average Bonchev–Trinajstić information content (AvgIpc) is 3.35. The highest BCUT2D eigenvalue weighted by atomic mass is 79.9. The lowest BCUT2D eigenvalue weighted by molar-refractivity contribution is -0.141. The third kappa shape index (κ3) is 3.64. The Bertz CT molecular complexity index is 957. The van der Waals surface area contributed by atoms with Crippen molar-refractivity contribution in [2.24, 2.45) is 0 Å². The maximum atomic E-state index is 13.0. The highest BCUT2D eigenvalue weighted by Crippen LogP contribution is 2.43. The number of Topliss-reactive ketones (excluding diaryl/α,β-unsaturated/α-hetero) is 1. The van der Waals surface area contributed by atoms with E-state index >= 15 is 0 Å². The Morgan fingerprint density at radius 1 is 1.03 bits per heavy atom. The van der Waals surface area contributed by atoms with Gasteiger partial charge in [0.2, 0.25) is 0 Å². The van der Waals surface area contributed by atoms with Gasteiger partial charge in [-0.15, -0.1) is 0 Å². The zero-order valence-corrected chi connectivity index (χ0v) is 18.0. The molecular formula is C24H24BrNO3. The van der Waals surface area contributed by atoms with Crippen molar-refractivity contribution in [1.29, 1.82) is 0 Å². The monoisotopic (exact) mass is 453 g/mol. The Kier molecular flexibility index (Phi) is 5.59. The number of amides is 1. The van der Waals surface area contributed by atoms with Gasteiger partial charge in [0.05, 0.1) is 11.6 Å². The molecule has 0 spiro atoms. The molecule has 1 unspecified atom stereocenters. The largest absolute Gasteiger partial charge is 0.507 e. The standard InChI is InChI=1S/C24H24BrNO3/c1-2-15-7-9-16(10-8-15)21-20(22(27)17-11-13-18(25)14-12-17)23(28)24(29)26(21)19-5-3-4-6-19/h7-14,19,21,27H,2-6H2,1H3/b22-20-. The van der Waals surface area contributed by atoms with Crippen LogP contribution < -0.4 is 0 Å². The lowest BCUT2D eigenvalue weighted by Crippen LogP contribution is -2.37.